The first-order valence-corrected chi connectivity index (χ1v) is 11.1. The molecule has 0 aromatic heterocycles. The van der Waals surface area contributed by atoms with Crippen LogP contribution in [0.4, 0.5) is 4.39 Å². The Morgan fingerprint density at radius 2 is 1.55 bits per heavy atom. The monoisotopic (exact) mass is 437 g/mol. The van der Waals surface area contributed by atoms with Crippen LogP contribution in [0.5, 0.6) is 0 Å². The molecular weight excluding hydrogens is 417 g/mol. The van der Waals surface area contributed by atoms with Gasteiger partial charge in [0.15, 0.2) is 5.76 Å². The largest absolute Gasteiger partial charge is 0.502 e. The second kappa shape index (κ2) is 8.00. The molecule has 1 atom stereocenters. The van der Waals surface area contributed by atoms with E-state index in [1.165, 1.54) is 41.3 Å². The number of carbonyl (C=O) groups is 1. The van der Waals surface area contributed by atoms with Crippen molar-refractivity contribution < 1.29 is 22.7 Å². The fourth-order valence-electron chi connectivity index (χ4n) is 3.66. The van der Waals surface area contributed by atoms with Gasteiger partial charge in [-0.3, -0.25) is 4.79 Å². The maximum Gasteiger partial charge on any atom is 0.290 e. The minimum absolute atomic E-state index is 0.0337. The van der Waals surface area contributed by atoms with Crippen molar-refractivity contribution >= 4 is 15.7 Å². The van der Waals surface area contributed by atoms with E-state index in [9.17, 15) is 22.7 Å². The molecule has 0 saturated heterocycles. The van der Waals surface area contributed by atoms with E-state index in [-0.39, 0.29) is 11.4 Å². The summed E-state index contributed by atoms with van der Waals surface area (Å²) in [5.41, 5.74) is 2.21. The van der Waals surface area contributed by atoms with Gasteiger partial charge in [-0.1, -0.05) is 60.2 Å². The number of benzene rings is 3. The Hall–Kier alpha value is -3.45. The number of aliphatic hydroxyl groups is 1. The molecule has 1 N–H and O–H groups in total. The number of rotatable bonds is 5. The van der Waals surface area contributed by atoms with Crippen LogP contribution >= 0.6 is 0 Å². The molecule has 0 radical (unpaired) electrons. The van der Waals surface area contributed by atoms with Crippen LogP contribution in [-0.4, -0.2) is 24.3 Å². The molecule has 0 fully saturated rings. The molecular formula is C24H20FNO4S. The molecule has 0 saturated carbocycles. The summed E-state index contributed by atoms with van der Waals surface area (Å²) in [6.45, 7) is 2.02. The average Bonchev–Trinajstić information content (AvgIpc) is 3.02. The smallest absolute Gasteiger partial charge is 0.290 e. The van der Waals surface area contributed by atoms with Gasteiger partial charge in [0.2, 0.25) is 9.84 Å². The quantitative estimate of drug-likeness (QED) is 0.640. The van der Waals surface area contributed by atoms with Crippen LogP contribution in [0.15, 0.2) is 94.4 Å². The number of halogens is 1. The fraction of sp³-hybridized carbons (Fsp3) is 0.125. The zero-order valence-electron chi connectivity index (χ0n) is 16.7. The molecule has 1 aliphatic heterocycles. The summed E-state index contributed by atoms with van der Waals surface area (Å²) >= 11 is 0. The number of amides is 1. The molecule has 5 nitrogen and oxygen atoms in total. The molecule has 4 rings (SSSR count). The lowest BCUT2D eigenvalue weighted by Gasteiger charge is -2.27. The topological polar surface area (TPSA) is 74.7 Å². The van der Waals surface area contributed by atoms with Gasteiger partial charge in [0.1, 0.15) is 10.7 Å². The van der Waals surface area contributed by atoms with Gasteiger partial charge in [-0.2, -0.15) is 0 Å². The van der Waals surface area contributed by atoms with Crippen LogP contribution in [0, 0.1) is 12.7 Å². The highest BCUT2D eigenvalue weighted by molar-refractivity contribution is 7.95. The van der Waals surface area contributed by atoms with Gasteiger partial charge >= 0.3 is 0 Å². The van der Waals surface area contributed by atoms with E-state index < -0.39 is 38.3 Å². The van der Waals surface area contributed by atoms with E-state index in [0.29, 0.717) is 5.56 Å². The lowest BCUT2D eigenvalue weighted by molar-refractivity contribution is -0.130. The van der Waals surface area contributed by atoms with Gasteiger partial charge in [0.05, 0.1) is 10.9 Å². The fourth-order valence-corrected chi connectivity index (χ4v) is 5.33. The van der Waals surface area contributed by atoms with Gasteiger partial charge in [-0.15, -0.1) is 0 Å². The van der Waals surface area contributed by atoms with E-state index in [2.05, 4.69) is 0 Å². The standard InChI is InChI=1S/C24H20FNO4S/c1-16-7-9-17(10-8-16)15-26-21(18-11-13-19(25)14-12-18)23(22(27)24(26)28)31(29,30)20-5-3-2-4-6-20/h2-14,21,27H,15H2,1H3/t21-/m0/s1. The lowest BCUT2D eigenvalue weighted by atomic mass is 10.1. The molecule has 3 aromatic carbocycles. The van der Waals surface area contributed by atoms with E-state index in [4.69, 9.17) is 0 Å². The van der Waals surface area contributed by atoms with Gasteiger partial charge in [-0.25, -0.2) is 12.8 Å². The SMILES string of the molecule is Cc1ccc(CN2C(=O)C(O)=C(S(=O)(=O)c3ccccc3)[C@@H]2c2ccc(F)cc2)cc1. The Morgan fingerprint density at radius 3 is 2.16 bits per heavy atom. The number of hydrogen-bond acceptors (Lipinski definition) is 4. The first-order valence-electron chi connectivity index (χ1n) is 9.64. The molecule has 1 heterocycles. The number of aryl methyl sites for hydroxylation is 1. The molecule has 0 unspecified atom stereocenters. The van der Waals surface area contributed by atoms with E-state index in [1.54, 1.807) is 18.2 Å². The van der Waals surface area contributed by atoms with E-state index in [0.717, 1.165) is 11.1 Å². The van der Waals surface area contributed by atoms with Crippen molar-refractivity contribution in [2.45, 2.75) is 24.4 Å². The predicted octanol–water partition coefficient (Wildman–Crippen LogP) is 4.46. The molecule has 0 bridgehead atoms. The van der Waals surface area contributed by atoms with Crippen molar-refractivity contribution in [2.24, 2.45) is 0 Å². The Labute approximate surface area is 180 Å². The van der Waals surface area contributed by atoms with Crippen LogP contribution in [0.2, 0.25) is 0 Å². The molecule has 7 heteroatoms. The first kappa shape index (κ1) is 20.8. The number of sulfone groups is 1. The Balaban J connectivity index is 1.85. The lowest BCUT2D eigenvalue weighted by Crippen LogP contribution is -2.30. The number of carbonyl (C=O) groups excluding carboxylic acids is 1. The van der Waals surface area contributed by atoms with Crippen LogP contribution in [0.3, 0.4) is 0 Å². The molecule has 158 valence electrons. The minimum atomic E-state index is -4.19. The number of aliphatic hydroxyl groups excluding tert-OH is 1. The maximum atomic E-state index is 13.5. The van der Waals surface area contributed by atoms with Crippen molar-refractivity contribution in [3.63, 3.8) is 0 Å². The highest BCUT2D eigenvalue weighted by atomic mass is 32.2. The van der Waals surface area contributed by atoms with Crippen molar-refractivity contribution in [1.82, 2.24) is 4.90 Å². The highest BCUT2D eigenvalue weighted by Gasteiger charge is 2.46. The molecule has 1 aliphatic rings. The summed E-state index contributed by atoms with van der Waals surface area (Å²) in [5, 5.41) is 10.7. The third kappa shape index (κ3) is 3.84. The zero-order valence-corrected chi connectivity index (χ0v) is 17.5. The molecule has 0 aliphatic carbocycles. The average molecular weight is 437 g/mol. The van der Waals surface area contributed by atoms with E-state index >= 15 is 0 Å². The minimum Gasteiger partial charge on any atom is -0.502 e. The van der Waals surface area contributed by atoms with Gasteiger partial charge in [-0.05, 0) is 42.3 Å². The summed E-state index contributed by atoms with van der Waals surface area (Å²) < 4.78 is 40.4. The summed E-state index contributed by atoms with van der Waals surface area (Å²) in [5.74, 6) is -2.09. The van der Waals surface area contributed by atoms with Crippen molar-refractivity contribution in [2.75, 3.05) is 0 Å². The Morgan fingerprint density at radius 1 is 0.935 bits per heavy atom. The predicted molar refractivity (Wildman–Crippen MR) is 114 cm³/mol. The number of nitrogens with zero attached hydrogens (tertiary/aromatic N) is 1. The third-order valence-electron chi connectivity index (χ3n) is 5.26. The van der Waals surface area contributed by atoms with Gasteiger partial charge < -0.3 is 10.0 Å². The van der Waals surface area contributed by atoms with Crippen LogP contribution < -0.4 is 0 Å². The molecule has 0 spiro atoms. The summed E-state index contributed by atoms with van der Waals surface area (Å²) in [7, 11) is -4.19. The summed E-state index contributed by atoms with van der Waals surface area (Å²) in [4.78, 5) is 13.9. The Kier molecular flexibility index (Phi) is 5.37. The second-order valence-electron chi connectivity index (χ2n) is 7.40. The first-order chi connectivity index (χ1) is 14.8. The van der Waals surface area contributed by atoms with Crippen LogP contribution in [0.1, 0.15) is 22.7 Å². The highest BCUT2D eigenvalue weighted by Crippen LogP contribution is 2.43. The Bertz CT molecular complexity index is 1250. The van der Waals surface area contributed by atoms with Crippen LogP contribution in [0.25, 0.3) is 0 Å². The van der Waals surface area contributed by atoms with Crippen LogP contribution in [-0.2, 0) is 21.2 Å². The summed E-state index contributed by atoms with van der Waals surface area (Å²) in [6, 6.07) is 19.2. The third-order valence-corrected chi connectivity index (χ3v) is 7.15. The van der Waals surface area contributed by atoms with Crippen molar-refractivity contribution in [3.8, 4) is 0 Å². The zero-order chi connectivity index (χ0) is 22.2. The molecule has 1 amide bonds. The normalized spacial score (nSPS) is 16.8. The van der Waals surface area contributed by atoms with Crippen molar-refractivity contribution in [1.29, 1.82) is 0 Å². The van der Waals surface area contributed by atoms with E-state index in [1.807, 2.05) is 31.2 Å². The molecule has 31 heavy (non-hydrogen) atoms. The maximum absolute atomic E-state index is 13.5. The van der Waals surface area contributed by atoms with Gasteiger partial charge in [0.25, 0.3) is 5.91 Å². The number of hydrogen-bond donors (Lipinski definition) is 1. The van der Waals surface area contributed by atoms with Gasteiger partial charge in [0, 0.05) is 6.54 Å². The molecule has 3 aromatic rings. The van der Waals surface area contributed by atoms with Crippen molar-refractivity contribution in [3.05, 3.63) is 112 Å². The second-order valence-corrected chi connectivity index (χ2v) is 9.32. The summed E-state index contributed by atoms with van der Waals surface area (Å²) in [6.07, 6.45) is 0.